The van der Waals surface area contributed by atoms with Crippen LogP contribution in [0.1, 0.15) is 45.6 Å². The van der Waals surface area contributed by atoms with E-state index in [1.165, 1.54) is 53.2 Å². The number of benzene rings is 1. The molecule has 0 radical (unpaired) electrons. The molecular weight excluding hydrogens is 523 g/mol. The van der Waals surface area contributed by atoms with Crippen molar-refractivity contribution in [3.8, 4) is 17.0 Å². The van der Waals surface area contributed by atoms with Crippen LogP contribution >= 0.6 is 7.14 Å². The highest BCUT2D eigenvalue weighted by Crippen LogP contribution is 2.53. The maximum absolute atomic E-state index is 15.3. The number of hydrogen-bond acceptors (Lipinski definition) is 5. The average Bonchev–Trinajstić information content (AvgIpc) is 3.34. The minimum Gasteiger partial charge on any atom is -0.417 e. The minimum absolute atomic E-state index is 0.0707. The third-order valence-electron chi connectivity index (χ3n) is 7.27. The van der Waals surface area contributed by atoms with Gasteiger partial charge in [0.1, 0.15) is 18.8 Å². The predicted molar refractivity (Wildman–Crippen MR) is 132 cm³/mol. The van der Waals surface area contributed by atoms with Gasteiger partial charge in [0.25, 0.3) is 5.91 Å². The van der Waals surface area contributed by atoms with Gasteiger partial charge in [-0.15, -0.1) is 0 Å². The molecule has 1 aliphatic heterocycles. The molecule has 1 amide bonds. The summed E-state index contributed by atoms with van der Waals surface area (Å²) in [6.45, 7) is -0.242. The van der Waals surface area contributed by atoms with Crippen LogP contribution in [-0.2, 0) is 4.57 Å². The second-order valence-corrected chi connectivity index (χ2v) is 13.0. The summed E-state index contributed by atoms with van der Waals surface area (Å²) in [6.07, 6.45) is 2.76. The number of rotatable bonds is 4. The lowest BCUT2D eigenvalue weighted by Gasteiger charge is -2.23. The van der Waals surface area contributed by atoms with Gasteiger partial charge in [0.15, 0.2) is 0 Å². The van der Waals surface area contributed by atoms with Crippen LogP contribution in [0.15, 0.2) is 42.7 Å². The van der Waals surface area contributed by atoms with Crippen LogP contribution < -0.4 is 10.0 Å². The Bertz CT molecular complexity index is 1700. The first-order valence-corrected chi connectivity index (χ1v) is 14.3. The summed E-state index contributed by atoms with van der Waals surface area (Å²) in [4.78, 5) is 18.7. The number of aromatic nitrogens is 3. The zero-order valence-corrected chi connectivity index (χ0v) is 21.3. The Labute approximate surface area is 214 Å². The molecule has 4 heterocycles. The van der Waals surface area contributed by atoms with E-state index < -0.39 is 37.3 Å². The summed E-state index contributed by atoms with van der Waals surface area (Å²) in [5.41, 5.74) is 2.37. The Hall–Kier alpha value is -3.72. The van der Waals surface area contributed by atoms with E-state index in [9.17, 15) is 22.5 Å². The van der Waals surface area contributed by atoms with E-state index in [0.29, 0.717) is 23.2 Å². The van der Waals surface area contributed by atoms with Gasteiger partial charge in [0.05, 0.1) is 29.0 Å². The molecule has 0 saturated carbocycles. The first-order valence-electron chi connectivity index (χ1n) is 11.7. The average molecular weight is 544 g/mol. The van der Waals surface area contributed by atoms with Gasteiger partial charge < -0.3 is 14.2 Å². The summed E-state index contributed by atoms with van der Waals surface area (Å²) >= 11 is 0. The van der Waals surface area contributed by atoms with Crippen LogP contribution in [0.25, 0.3) is 16.6 Å². The standard InChI is InChI=1S/C26H21F4N4O3P/c1-33-19-10-15(21-13(25(33)35)6-7-31-24(21)37-26(29)30)22-18-9-14(17(28)11-34(18)32-23(19)22)12-4-5-20(16(27)8-12)38(2,3)36/h4-9,11,15,19,26H,10H2,1-3H3/t15-,19-/m1/s1. The number of ether oxygens (including phenoxy) is 1. The molecule has 0 saturated heterocycles. The normalized spacial score (nSPS) is 18.6. The lowest BCUT2D eigenvalue weighted by molar-refractivity contribution is -0.0536. The van der Waals surface area contributed by atoms with Gasteiger partial charge in [-0.3, -0.25) is 4.79 Å². The summed E-state index contributed by atoms with van der Waals surface area (Å²) < 4.78 is 75.0. The van der Waals surface area contributed by atoms with Crippen LogP contribution in [0, 0.1) is 11.6 Å². The van der Waals surface area contributed by atoms with E-state index in [4.69, 9.17) is 4.74 Å². The fourth-order valence-corrected chi connectivity index (χ4v) is 6.59. The van der Waals surface area contributed by atoms with E-state index in [0.717, 1.165) is 12.3 Å². The molecule has 12 heteroatoms. The molecule has 2 aliphatic rings. The maximum Gasteiger partial charge on any atom is 0.388 e. The van der Waals surface area contributed by atoms with Crippen LogP contribution in [0.2, 0.25) is 0 Å². The van der Waals surface area contributed by atoms with Gasteiger partial charge in [0.2, 0.25) is 5.88 Å². The molecule has 0 fully saturated rings. The van der Waals surface area contributed by atoms with Crippen LogP contribution in [0.4, 0.5) is 17.6 Å². The molecule has 0 unspecified atom stereocenters. The number of nitrogens with zero attached hydrogens (tertiary/aromatic N) is 4. The monoisotopic (exact) mass is 544 g/mol. The second kappa shape index (κ2) is 8.39. The highest BCUT2D eigenvalue weighted by molar-refractivity contribution is 7.70. The van der Waals surface area contributed by atoms with Gasteiger partial charge in [0, 0.05) is 41.2 Å². The highest BCUT2D eigenvalue weighted by atomic mass is 31.2. The molecule has 2 bridgehead atoms. The maximum atomic E-state index is 15.3. The smallest absolute Gasteiger partial charge is 0.388 e. The molecule has 1 aromatic carbocycles. The van der Waals surface area contributed by atoms with Gasteiger partial charge in [-0.25, -0.2) is 18.3 Å². The molecule has 0 N–H and O–H groups in total. The van der Waals surface area contributed by atoms with Gasteiger partial charge in [-0.2, -0.15) is 13.9 Å². The SMILES string of the molecule is CN1C(=O)c2ccnc(OC(F)F)c2[C@H]2C[C@@H]1c1nn3cc(F)c(-c4ccc(P(C)(C)=O)c(F)c4)cc3c12. The largest absolute Gasteiger partial charge is 0.417 e. The molecule has 196 valence electrons. The van der Waals surface area contributed by atoms with Gasteiger partial charge in [-0.1, -0.05) is 6.07 Å². The Morgan fingerprint density at radius 2 is 1.84 bits per heavy atom. The number of fused-ring (bicyclic) bond motifs is 9. The van der Waals surface area contributed by atoms with Crippen molar-refractivity contribution in [3.05, 3.63) is 76.7 Å². The predicted octanol–water partition coefficient (Wildman–Crippen LogP) is 5.19. The Kier molecular flexibility index (Phi) is 5.43. The first-order chi connectivity index (χ1) is 18.0. The fraction of sp³-hybridized carbons (Fsp3) is 0.269. The van der Waals surface area contributed by atoms with E-state index in [-0.39, 0.29) is 39.3 Å². The van der Waals surface area contributed by atoms with Crippen molar-refractivity contribution in [1.29, 1.82) is 0 Å². The topological polar surface area (TPSA) is 76.8 Å². The Morgan fingerprint density at radius 3 is 2.53 bits per heavy atom. The molecule has 2 atom stereocenters. The number of alkyl halides is 2. The van der Waals surface area contributed by atoms with E-state index >= 15 is 4.39 Å². The van der Waals surface area contributed by atoms with E-state index in [1.54, 1.807) is 7.05 Å². The Balaban J connectivity index is 1.57. The summed E-state index contributed by atoms with van der Waals surface area (Å²) in [7, 11) is -1.28. The lowest BCUT2D eigenvalue weighted by atomic mass is 9.90. The number of hydrogen-bond donors (Lipinski definition) is 0. The van der Waals surface area contributed by atoms with Crippen LogP contribution in [0.5, 0.6) is 5.88 Å². The molecular formula is C26H21F4N4O3P. The van der Waals surface area contributed by atoms with Crippen molar-refractivity contribution in [2.24, 2.45) is 0 Å². The molecule has 3 aromatic heterocycles. The zero-order chi connectivity index (χ0) is 27.1. The van der Waals surface area contributed by atoms with E-state index in [1.807, 2.05) is 0 Å². The third-order valence-corrected chi connectivity index (χ3v) is 8.79. The Morgan fingerprint density at radius 1 is 1.08 bits per heavy atom. The summed E-state index contributed by atoms with van der Waals surface area (Å²) in [6, 6.07) is 6.55. The number of carbonyl (C=O) groups excluding carboxylic acids is 1. The summed E-state index contributed by atoms with van der Waals surface area (Å²) in [5.74, 6) is -2.68. The second-order valence-electron chi connectivity index (χ2n) is 9.86. The number of halogens is 4. The minimum atomic E-state index is -3.15. The fourth-order valence-electron chi connectivity index (χ4n) is 5.58. The highest BCUT2D eigenvalue weighted by Gasteiger charge is 2.46. The molecule has 7 nitrogen and oxygen atoms in total. The summed E-state index contributed by atoms with van der Waals surface area (Å²) in [5, 5.41) is 4.62. The number of carbonyl (C=O) groups is 1. The van der Waals surface area contributed by atoms with Crippen LogP contribution in [-0.4, -0.2) is 52.4 Å². The third kappa shape index (κ3) is 3.63. The molecule has 6 rings (SSSR count). The van der Waals surface area contributed by atoms with E-state index in [2.05, 4.69) is 10.1 Å². The molecule has 38 heavy (non-hydrogen) atoms. The van der Waals surface area contributed by atoms with Crippen molar-refractivity contribution in [3.63, 3.8) is 0 Å². The molecule has 0 spiro atoms. The van der Waals surface area contributed by atoms with Gasteiger partial charge in [-0.05, 0) is 49.6 Å². The van der Waals surface area contributed by atoms with Crippen molar-refractivity contribution in [2.45, 2.75) is 25.0 Å². The van der Waals surface area contributed by atoms with Crippen LogP contribution in [0.3, 0.4) is 0 Å². The molecule has 1 aliphatic carbocycles. The van der Waals surface area contributed by atoms with Crippen molar-refractivity contribution in [1.82, 2.24) is 19.5 Å². The van der Waals surface area contributed by atoms with Crippen molar-refractivity contribution in [2.75, 3.05) is 20.4 Å². The van der Waals surface area contributed by atoms with Gasteiger partial charge >= 0.3 is 6.61 Å². The number of amides is 1. The van der Waals surface area contributed by atoms with Crippen molar-refractivity contribution >= 4 is 23.9 Å². The van der Waals surface area contributed by atoms with Crippen molar-refractivity contribution < 1.29 is 31.7 Å². The zero-order valence-electron chi connectivity index (χ0n) is 20.5. The quantitative estimate of drug-likeness (QED) is 0.261. The lowest BCUT2D eigenvalue weighted by Crippen LogP contribution is -2.30. The first kappa shape index (κ1) is 24.6. The molecule has 4 aromatic rings. The number of pyridine rings is 2.